The molecule has 1 saturated heterocycles. The number of nitrogens with two attached hydrogens (primary N) is 1. The van der Waals surface area contributed by atoms with Crippen LogP contribution in [0.4, 0.5) is 10.5 Å². The topological polar surface area (TPSA) is 165 Å². The number of urea groups is 1. The number of amides is 2. The molecule has 2 heterocycles. The molecular formula is C38H52N8O3S. The lowest BCUT2D eigenvalue weighted by molar-refractivity contribution is 0.170. The number of benzene rings is 2. The molecule has 50 heavy (non-hydrogen) atoms. The van der Waals surface area contributed by atoms with Gasteiger partial charge in [0.1, 0.15) is 23.2 Å². The van der Waals surface area contributed by atoms with E-state index in [1.807, 2.05) is 45.0 Å². The third-order valence-electron chi connectivity index (χ3n) is 8.99. The van der Waals surface area contributed by atoms with Gasteiger partial charge < -0.3 is 25.8 Å². The van der Waals surface area contributed by atoms with Crippen LogP contribution in [0.25, 0.3) is 0 Å². The molecule has 2 unspecified atom stereocenters. The van der Waals surface area contributed by atoms with Gasteiger partial charge in [0.15, 0.2) is 0 Å². The molecule has 1 aromatic heterocycles. The Balaban J connectivity index is 0.00000276. The van der Waals surface area contributed by atoms with Crippen molar-refractivity contribution < 1.29 is 14.6 Å². The van der Waals surface area contributed by atoms with Crippen LogP contribution in [0.5, 0.6) is 5.75 Å². The monoisotopic (exact) mass is 700 g/mol. The van der Waals surface area contributed by atoms with E-state index in [1.165, 1.54) is 0 Å². The lowest BCUT2D eigenvalue weighted by Gasteiger charge is -2.36. The molecule has 1 fully saturated rings. The van der Waals surface area contributed by atoms with Gasteiger partial charge >= 0.3 is 6.03 Å². The summed E-state index contributed by atoms with van der Waals surface area (Å²) in [7, 11) is 0. The standard InChI is InChI=1S/C37H48N8O3.CH4S/c1-24-10-7-8-19-44(24)35(40)45-22-27(15-18-33(45)39)48-31-17-16-30(28-13-5-6-14-29(28)31)42-36(47)43-34(21-32(38)37(2,3)4)41-26-12-9-11-25(20-26)23-46;1-2/h5-6,9,11-15,18,20-22,24,30-31,39-40,46H,7-8,10,16-17,19,23,38H2,1-4H3,(H2,41,42,43,47);2H,1H3/b32-21-,39-33?,40-35?;/t24-,30?,31?;/m0./s1. The number of aliphatic imine (C=N–C) groups is 1. The fourth-order valence-electron chi connectivity index (χ4n) is 6.10. The number of thiol groups is 1. The first-order chi connectivity index (χ1) is 23.9. The van der Waals surface area contributed by atoms with E-state index >= 15 is 0 Å². The number of aliphatic hydroxyl groups is 1. The maximum absolute atomic E-state index is 13.4. The Morgan fingerprint density at radius 1 is 1.08 bits per heavy atom. The van der Waals surface area contributed by atoms with Crippen LogP contribution in [0.1, 0.15) is 88.6 Å². The molecule has 3 atom stereocenters. The summed E-state index contributed by atoms with van der Waals surface area (Å²) in [5.41, 5.74) is 10.0. The highest BCUT2D eigenvalue weighted by Crippen LogP contribution is 2.38. The average Bonchev–Trinajstić information content (AvgIpc) is 3.10. The van der Waals surface area contributed by atoms with Crippen LogP contribution in [-0.2, 0) is 6.61 Å². The summed E-state index contributed by atoms with van der Waals surface area (Å²) in [5, 5.41) is 32.9. The minimum atomic E-state index is -0.415. The predicted molar refractivity (Wildman–Crippen MR) is 203 cm³/mol. The van der Waals surface area contributed by atoms with Gasteiger partial charge in [-0.3, -0.25) is 20.7 Å². The Kier molecular flexibility index (Phi) is 13.3. The molecule has 1 aliphatic heterocycles. The number of piperidine rings is 1. The van der Waals surface area contributed by atoms with E-state index in [4.69, 9.17) is 21.3 Å². The van der Waals surface area contributed by atoms with Crippen LogP contribution in [0.3, 0.4) is 0 Å². The van der Waals surface area contributed by atoms with Crippen molar-refractivity contribution in [3.8, 4) is 5.75 Å². The number of aromatic nitrogens is 1. The molecule has 11 nitrogen and oxygen atoms in total. The lowest BCUT2D eigenvalue weighted by atomic mass is 9.85. The number of nitrogens with zero attached hydrogens (tertiary/aromatic N) is 3. The minimum Gasteiger partial charge on any atom is -0.484 e. The SMILES string of the molecule is CS.C[C@H]1CCCCN1C(=N)n1cc(OC2CCC(NC(=O)NC(/C=C(\N)C(C)(C)C)=Nc3cccc(CO)c3)c3ccccc32)ccc1=N. The number of hydrogen-bond donors (Lipinski definition) is 7. The molecule has 2 amide bonds. The van der Waals surface area contributed by atoms with Gasteiger partial charge in [-0.1, -0.05) is 57.2 Å². The number of pyridine rings is 1. The Labute approximate surface area is 301 Å². The Hall–Kier alpha value is -4.55. The van der Waals surface area contributed by atoms with Crippen molar-refractivity contribution in [2.45, 2.75) is 84.6 Å². The van der Waals surface area contributed by atoms with E-state index in [1.54, 1.807) is 59.5 Å². The van der Waals surface area contributed by atoms with E-state index in [9.17, 15) is 9.90 Å². The van der Waals surface area contributed by atoms with Gasteiger partial charge in [0.05, 0.1) is 24.5 Å². The summed E-state index contributed by atoms with van der Waals surface area (Å²) < 4.78 is 8.10. The number of nitrogens with one attached hydrogen (secondary N) is 4. The number of amidine groups is 1. The number of rotatable bonds is 6. The number of carbonyl (C=O) groups excluding carboxylic acids is 1. The molecular weight excluding hydrogens is 649 g/mol. The van der Waals surface area contributed by atoms with E-state index in [-0.39, 0.29) is 41.5 Å². The Morgan fingerprint density at radius 3 is 2.52 bits per heavy atom. The zero-order valence-corrected chi connectivity index (χ0v) is 30.6. The van der Waals surface area contributed by atoms with E-state index in [0.29, 0.717) is 41.5 Å². The van der Waals surface area contributed by atoms with Crippen molar-refractivity contribution >= 4 is 36.1 Å². The first-order valence-corrected chi connectivity index (χ1v) is 18.0. The van der Waals surface area contributed by atoms with Gasteiger partial charge in [0, 0.05) is 29.8 Å². The molecule has 0 spiro atoms. The highest BCUT2D eigenvalue weighted by atomic mass is 32.1. The summed E-state index contributed by atoms with van der Waals surface area (Å²) in [6, 6.07) is 18.1. The van der Waals surface area contributed by atoms with Gasteiger partial charge in [-0.05, 0) is 86.2 Å². The van der Waals surface area contributed by atoms with Crippen LogP contribution in [0.15, 0.2) is 83.6 Å². The predicted octanol–water partition coefficient (Wildman–Crippen LogP) is 6.54. The molecule has 12 heteroatoms. The number of aliphatic hydroxyl groups excluding tert-OH is 1. The lowest BCUT2D eigenvalue weighted by Crippen LogP contribution is -2.47. The third-order valence-corrected chi connectivity index (χ3v) is 8.99. The summed E-state index contributed by atoms with van der Waals surface area (Å²) in [6.45, 7) is 8.78. The Bertz CT molecular complexity index is 1760. The quantitative estimate of drug-likeness (QED) is 0.0881. The molecule has 268 valence electrons. The zero-order valence-electron chi connectivity index (χ0n) is 29.7. The molecule has 7 N–H and O–H groups in total. The van der Waals surface area contributed by atoms with Crippen LogP contribution >= 0.6 is 12.6 Å². The van der Waals surface area contributed by atoms with Crippen LogP contribution in [0.2, 0.25) is 0 Å². The maximum atomic E-state index is 13.4. The average molecular weight is 701 g/mol. The highest BCUT2D eigenvalue weighted by Gasteiger charge is 2.30. The zero-order chi connectivity index (χ0) is 36.4. The largest absolute Gasteiger partial charge is 0.484 e. The van der Waals surface area contributed by atoms with Crippen molar-refractivity contribution in [3.63, 3.8) is 0 Å². The number of fused-ring (bicyclic) bond motifs is 1. The fraction of sp³-hybridized carbons (Fsp3) is 0.421. The second-order valence-corrected chi connectivity index (χ2v) is 13.6. The first-order valence-electron chi connectivity index (χ1n) is 17.1. The number of ether oxygens (including phenoxy) is 1. The molecule has 0 saturated carbocycles. The van der Waals surface area contributed by atoms with Gasteiger partial charge in [0.2, 0.25) is 5.96 Å². The molecule has 1 aliphatic carbocycles. The fourth-order valence-corrected chi connectivity index (χ4v) is 6.10. The van der Waals surface area contributed by atoms with Crippen LogP contribution < -0.4 is 26.6 Å². The maximum Gasteiger partial charge on any atom is 0.320 e. The normalized spacial score (nSPS) is 19.4. The molecule has 0 radical (unpaired) electrons. The number of likely N-dealkylation sites (tertiary alicyclic amines) is 1. The van der Waals surface area contributed by atoms with Gasteiger partial charge in [-0.2, -0.15) is 12.6 Å². The molecule has 2 aromatic carbocycles. The summed E-state index contributed by atoms with van der Waals surface area (Å²) in [4.78, 5) is 20.1. The molecule has 3 aromatic rings. The van der Waals surface area contributed by atoms with E-state index in [2.05, 4.69) is 40.1 Å². The van der Waals surface area contributed by atoms with Crippen LogP contribution in [0, 0.1) is 16.2 Å². The number of allylic oxidation sites excluding steroid dienone is 1. The molecule has 5 rings (SSSR count). The van der Waals surface area contributed by atoms with Crippen LogP contribution in [-0.4, -0.2) is 51.2 Å². The van der Waals surface area contributed by atoms with E-state index in [0.717, 1.165) is 36.9 Å². The van der Waals surface area contributed by atoms with Crippen molar-refractivity contribution in [2.75, 3.05) is 12.8 Å². The Morgan fingerprint density at radius 2 is 1.82 bits per heavy atom. The number of carbonyl (C=O) groups is 1. The smallest absolute Gasteiger partial charge is 0.320 e. The van der Waals surface area contributed by atoms with Crippen molar-refractivity contribution in [1.29, 1.82) is 10.8 Å². The van der Waals surface area contributed by atoms with Crippen molar-refractivity contribution in [3.05, 3.63) is 101 Å². The summed E-state index contributed by atoms with van der Waals surface area (Å²) in [6.07, 6.45) is 9.35. The highest BCUT2D eigenvalue weighted by molar-refractivity contribution is 7.79. The van der Waals surface area contributed by atoms with Crippen molar-refractivity contribution in [1.82, 2.24) is 20.1 Å². The van der Waals surface area contributed by atoms with Gasteiger partial charge in [-0.15, -0.1) is 0 Å². The second-order valence-electron chi connectivity index (χ2n) is 13.6. The van der Waals surface area contributed by atoms with Gasteiger partial charge in [0.25, 0.3) is 0 Å². The summed E-state index contributed by atoms with van der Waals surface area (Å²) >= 11 is 3.53. The minimum absolute atomic E-state index is 0.116. The van der Waals surface area contributed by atoms with Gasteiger partial charge in [-0.25, -0.2) is 9.79 Å². The van der Waals surface area contributed by atoms with E-state index < -0.39 is 6.03 Å². The summed E-state index contributed by atoms with van der Waals surface area (Å²) in [5.74, 6) is 1.16. The third kappa shape index (κ3) is 9.79. The second kappa shape index (κ2) is 17.4. The molecule has 0 bridgehead atoms. The number of hydrogen-bond acceptors (Lipinski definition) is 8. The van der Waals surface area contributed by atoms with Crippen molar-refractivity contribution in [2.24, 2.45) is 16.1 Å². The first kappa shape index (κ1) is 38.3. The molecule has 2 aliphatic rings.